The lowest BCUT2D eigenvalue weighted by atomic mass is 9.97. The van der Waals surface area contributed by atoms with E-state index in [-0.39, 0.29) is 17.0 Å². The minimum absolute atomic E-state index is 0.0633. The number of nitrogens with zero attached hydrogens (tertiary/aromatic N) is 5. The van der Waals surface area contributed by atoms with Crippen molar-refractivity contribution in [2.45, 2.75) is 25.8 Å². The number of aromatic nitrogens is 3. The third kappa shape index (κ3) is 4.10. The maximum absolute atomic E-state index is 13.6. The molecule has 6 nitrogen and oxygen atoms in total. The topological polar surface area (TPSA) is 62.2 Å². The zero-order valence-electron chi connectivity index (χ0n) is 17.6. The summed E-state index contributed by atoms with van der Waals surface area (Å²) in [6.45, 7) is 2.58. The zero-order valence-corrected chi connectivity index (χ0v) is 18.4. The highest BCUT2D eigenvalue weighted by molar-refractivity contribution is 6.31. The largest absolute Gasteiger partial charge is 0.347 e. The average Bonchev–Trinajstić information content (AvgIpc) is 3.25. The molecule has 3 aromatic rings. The monoisotopic (exact) mass is 439 g/mol. The van der Waals surface area contributed by atoms with Crippen LogP contribution in [0.15, 0.2) is 42.9 Å². The molecule has 1 amide bonds. The highest BCUT2D eigenvalue weighted by Gasteiger charge is 2.34. The number of anilines is 1. The van der Waals surface area contributed by atoms with Crippen molar-refractivity contribution in [2.75, 3.05) is 25.5 Å². The summed E-state index contributed by atoms with van der Waals surface area (Å²) in [7, 11) is 3.77. The number of benzene rings is 1. The van der Waals surface area contributed by atoms with Gasteiger partial charge in [0.15, 0.2) is 0 Å². The number of amides is 1. The SMILES string of the molecule is Cc1cnccc1-c1cnc(N(C)C)nc1[C@@H]1CCCN1C(=O)c1ccc(F)c(Cl)c1. The summed E-state index contributed by atoms with van der Waals surface area (Å²) in [6.07, 6.45) is 6.99. The normalized spacial score (nSPS) is 15.9. The van der Waals surface area contributed by atoms with Gasteiger partial charge in [0.25, 0.3) is 5.91 Å². The number of pyridine rings is 1. The molecule has 1 aromatic carbocycles. The van der Waals surface area contributed by atoms with Gasteiger partial charge in [0.2, 0.25) is 5.95 Å². The van der Waals surface area contributed by atoms with Crippen LogP contribution in [0, 0.1) is 12.7 Å². The number of carbonyl (C=O) groups excluding carboxylic acids is 1. The first kappa shape index (κ1) is 21.2. The van der Waals surface area contributed by atoms with E-state index in [1.165, 1.54) is 18.2 Å². The number of hydrogen-bond donors (Lipinski definition) is 0. The number of carbonyl (C=O) groups is 1. The van der Waals surface area contributed by atoms with Gasteiger partial charge in [-0.25, -0.2) is 14.4 Å². The minimum Gasteiger partial charge on any atom is -0.347 e. The Morgan fingerprint density at radius 1 is 1.23 bits per heavy atom. The highest BCUT2D eigenvalue weighted by atomic mass is 35.5. The van der Waals surface area contributed by atoms with E-state index in [0.717, 1.165) is 35.2 Å². The molecule has 0 aliphatic carbocycles. The van der Waals surface area contributed by atoms with E-state index in [1.807, 2.05) is 38.2 Å². The third-order valence-electron chi connectivity index (χ3n) is 5.51. The first-order chi connectivity index (χ1) is 14.9. The Kier molecular flexibility index (Phi) is 5.87. The van der Waals surface area contributed by atoms with Crippen LogP contribution in [0.2, 0.25) is 5.02 Å². The zero-order chi connectivity index (χ0) is 22.1. The third-order valence-corrected chi connectivity index (χ3v) is 5.80. The number of rotatable bonds is 4. The van der Waals surface area contributed by atoms with E-state index in [1.54, 1.807) is 17.3 Å². The lowest BCUT2D eigenvalue weighted by Gasteiger charge is -2.27. The molecule has 1 aliphatic heterocycles. The van der Waals surface area contributed by atoms with Gasteiger partial charge in [-0.3, -0.25) is 9.78 Å². The standard InChI is InChI=1S/C23H23ClFN5O/c1-14-12-26-9-8-16(14)17-13-27-23(29(2)3)28-21(17)20-5-4-10-30(20)22(31)15-6-7-19(25)18(24)11-15/h6-9,11-13,20H,4-5,10H2,1-3H3/t20-/m0/s1. The average molecular weight is 440 g/mol. The summed E-state index contributed by atoms with van der Waals surface area (Å²) >= 11 is 5.92. The predicted octanol–water partition coefficient (Wildman–Crippen LogP) is 4.68. The molecule has 1 atom stereocenters. The Bertz CT molecular complexity index is 1140. The molecule has 1 aliphatic rings. The van der Waals surface area contributed by atoms with Gasteiger partial charge in [-0.05, 0) is 55.2 Å². The second kappa shape index (κ2) is 8.59. The lowest BCUT2D eigenvalue weighted by molar-refractivity contribution is 0.0733. The smallest absolute Gasteiger partial charge is 0.254 e. The van der Waals surface area contributed by atoms with E-state index in [0.29, 0.717) is 18.1 Å². The number of hydrogen-bond acceptors (Lipinski definition) is 5. The lowest BCUT2D eigenvalue weighted by Crippen LogP contribution is -2.31. The molecule has 160 valence electrons. The van der Waals surface area contributed by atoms with Crippen molar-refractivity contribution in [3.8, 4) is 11.1 Å². The molecule has 0 bridgehead atoms. The number of aryl methyl sites for hydroxylation is 1. The molecular formula is C23H23ClFN5O. The molecule has 4 rings (SSSR count). The number of likely N-dealkylation sites (tertiary alicyclic amines) is 1. The Morgan fingerprint density at radius 3 is 2.74 bits per heavy atom. The predicted molar refractivity (Wildman–Crippen MR) is 119 cm³/mol. The maximum Gasteiger partial charge on any atom is 0.254 e. The van der Waals surface area contributed by atoms with Crippen molar-refractivity contribution >= 4 is 23.5 Å². The van der Waals surface area contributed by atoms with Crippen LogP contribution < -0.4 is 4.90 Å². The van der Waals surface area contributed by atoms with Crippen LogP contribution in [0.4, 0.5) is 10.3 Å². The van der Waals surface area contributed by atoms with E-state index in [4.69, 9.17) is 16.6 Å². The summed E-state index contributed by atoms with van der Waals surface area (Å²) in [4.78, 5) is 30.5. The fraction of sp³-hybridized carbons (Fsp3) is 0.304. The van der Waals surface area contributed by atoms with Gasteiger partial charge in [0.1, 0.15) is 5.82 Å². The van der Waals surface area contributed by atoms with E-state index in [2.05, 4.69) is 9.97 Å². The molecule has 1 fully saturated rings. The Hall–Kier alpha value is -3.06. The Labute approximate surface area is 185 Å². The molecular weight excluding hydrogens is 417 g/mol. The van der Waals surface area contributed by atoms with Crippen LogP contribution in [-0.4, -0.2) is 46.4 Å². The summed E-state index contributed by atoms with van der Waals surface area (Å²) < 4.78 is 13.6. The fourth-order valence-corrected chi connectivity index (χ4v) is 4.11. The van der Waals surface area contributed by atoms with Crippen molar-refractivity contribution in [3.63, 3.8) is 0 Å². The molecule has 0 N–H and O–H groups in total. The van der Waals surface area contributed by atoms with Gasteiger partial charge in [0, 0.05) is 50.4 Å². The van der Waals surface area contributed by atoms with Gasteiger partial charge < -0.3 is 9.80 Å². The summed E-state index contributed by atoms with van der Waals surface area (Å²) in [6, 6.07) is 5.79. The molecule has 2 aromatic heterocycles. The Balaban J connectivity index is 1.79. The van der Waals surface area contributed by atoms with Gasteiger partial charge in [0.05, 0.1) is 16.8 Å². The maximum atomic E-state index is 13.6. The van der Waals surface area contributed by atoms with Crippen LogP contribution in [0.1, 0.15) is 40.5 Å². The van der Waals surface area contributed by atoms with Gasteiger partial charge in [-0.1, -0.05) is 11.6 Å². The minimum atomic E-state index is -0.543. The number of halogens is 2. The van der Waals surface area contributed by atoms with Crippen molar-refractivity contribution in [1.82, 2.24) is 19.9 Å². The van der Waals surface area contributed by atoms with Gasteiger partial charge in [-0.15, -0.1) is 0 Å². The summed E-state index contributed by atoms with van der Waals surface area (Å²) in [5.41, 5.74) is 4.03. The second-order valence-corrected chi connectivity index (χ2v) is 8.25. The first-order valence-corrected chi connectivity index (χ1v) is 10.5. The molecule has 0 saturated carbocycles. The van der Waals surface area contributed by atoms with E-state index in [9.17, 15) is 9.18 Å². The highest BCUT2D eigenvalue weighted by Crippen LogP contribution is 2.38. The Morgan fingerprint density at radius 2 is 2.03 bits per heavy atom. The van der Waals surface area contributed by atoms with Crippen LogP contribution in [0.5, 0.6) is 0 Å². The second-order valence-electron chi connectivity index (χ2n) is 7.84. The molecule has 0 unspecified atom stereocenters. The molecule has 1 saturated heterocycles. The quantitative estimate of drug-likeness (QED) is 0.590. The van der Waals surface area contributed by atoms with Crippen LogP contribution in [-0.2, 0) is 0 Å². The molecule has 31 heavy (non-hydrogen) atoms. The van der Waals surface area contributed by atoms with Crippen molar-refractivity contribution in [3.05, 3.63) is 70.5 Å². The van der Waals surface area contributed by atoms with Crippen LogP contribution >= 0.6 is 11.6 Å². The summed E-state index contributed by atoms with van der Waals surface area (Å²) in [5.74, 6) is -0.153. The van der Waals surface area contributed by atoms with Crippen molar-refractivity contribution < 1.29 is 9.18 Å². The van der Waals surface area contributed by atoms with Crippen LogP contribution in [0.3, 0.4) is 0 Å². The van der Waals surface area contributed by atoms with E-state index >= 15 is 0 Å². The van der Waals surface area contributed by atoms with Gasteiger partial charge in [-0.2, -0.15) is 0 Å². The molecule has 3 heterocycles. The van der Waals surface area contributed by atoms with Crippen molar-refractivity contribution in [1.29, 1.82) is 0 Å². The van der Waals surface area contributed by atoms with E-state index < -0.39 is 5.82 Å². The molecule has 0 radical (unpaired) electrons. The molecule has 0 spiro atoms. The van der Waals surface area contributed by atoms with Crippen LogP contribution in [0.25, 0.3) is 11.1 Å². The molecule has 8 heteroatoms. The summed E-state index contributed by atoms with van der Waals surface area (Å²) in [5, 5.41) is -0.0633. The fourth-order valence-electron chi connectivity index (χ4n) is 3.93. The van der Waals surface area contributed by atoms with Crippen molar-refractivity contribution in [2.24, 2.45) is 0 Å². The van der Waals surface area contributed by atoms with Gasteiger partial charge >= 0.3 is 0 Å². The first-order valence-electron chi connectivity index (χ1n) is 10.1.